The molecule has 0 saturated carbocycles. The van der Waals surface area contributed by atoms with Gasteiger partial charge in [-0.1, -0.05) is 11.6 Å². The molecule has 0 unspecified atom stereocenters. The highest BCUT2D eigenvalue weighted by Gasteiger charge is 2.31. The van der Waals surface area contributed by atoms with E-state index < -0.39 is 21.7 Å². The second-order valence-corrected chi connectivity index (χ2v) is 9.10. The molecule has 1 fully saturated rings. The lowest BCUT2D eigenvalue weighted by atomic mass is 10.2. The molecular formula is C17H14BrClF2N2O3S. The van der Waals surface area contributed by atoms with Crippen molar-refractivity contribution < 1.29 is 22.0 Å². The third kappa shape index (κ3) is 4.16. The lowest BCUT2D eigenvalue weighted by Crippen LogP contribution is -2.50. The van der Waals surface area contributed by atoms with Crippen LogP contribution in [0.3, 0.4) is 0 Å². The minimum Gasteiger partial charge on any atom is -0.336 e. The van der Waals surface area contributed by atoms with Crippen LogP contribution in [-0.2, 0) is 10.0 Å². The van der Waals surface area contributed by atoms with Crippen molar-refractivity contribution in [1.29, 1.82) is 0 Å². The van der Waals surface area contributed by atoms with E-state index in [9.17, 15) is 22.0 Å². The molecule has 1 aliphatic heterocycles. The Bertz CT molecular complexity index is 996. The van der Waals surface area contributed by atoms with E-state index >= 15 is 0 Å². The average Bonchev–Trinajstić information content (AvgIpc) is 2.63. The van der Waals surface area contributed by atoms with Gasteiger partial charge < -0.3 is 4.90 Å². The largest absolute Gasteiger partial charge is 0.336 e. The second kappa shape index (κ2) is 7.83. The molecule has 1 saturated heterocycles. The predicted molar refractivity (Wildman–Crippen MR) is 100 cm³/mol. The fraction of sp³-hybridized carbons (Fsp3) is 0.235. The van der Waals surface area contributed by atoms with Gasteiger partial charge in [0.05, 0.1) is 15.5 Å². The maximum absolute atomic E-state index is 13.3. The maximum atomic E-state index is 13.3. The van der Waals surface area contributed by atoms with E-state index in [0.29, 0.717) is 10.0 Å². The normalized spacial score (nSPS) is 15.8. The van der Waals surface area contributed by atoms with Crippen molar-refractivity contribution in [3.8, 4) is 0 Å². The molecule has 0 N–H and O–H groups in total. The average molecular weight is 480 g/mol. The molecule has 0 atom stereocenters. The molecule has 5 nitrogen and oxygen atoms in total. The third-order valence-corrected chi connectivity index (χ3v) is 7.06. The molecule has 2 aromatic carbocycles. The molecule has 0 radical (unpaired) electrons. The Morgan fingerprint density at radius 1 is 1.04 bits per heavy atom. The molecule has 144 valence electrons. The highest BCUT2D eigenvalue weighted by molar-refractivity contribution is 9.10. The van der Waals surface area contributed by atoms with Crippen LogP contribution in [0, 0.1) is 11.6 Å². The molecule has 3 rings (SSSR count). The van der Waals surface area contributed by atoms with Crippen molar-refractivity contribution in [2.45, 2.75) is 4.90 Å². The molecule has 1 aliphatic rings. The lowest BCUT2D eigenvalue weighted by Gasteiger charge is -2.34. The van der Waals surface area contributed by atoms with E-state index in [1.807, 2.05) is 0 Å². The predicted octanol–water partition coefficient (Wildman–Crippen LogP) is 3.53. The van der Waals surface area contributed by atoms with Crippen LogP contribution in [0.2, 0.25) is 5.02 Å². The molecule has 1 amide bonds. The van der Waals surface area contributed by atoms with Crippen LogP contribution in [-0.4, -0.2) is 49.7 Å². The zero-order chi connectivity index (χ0) is 19.8. The molecule has 0 spiro atoms. The number of benzene rings is 2. The van der Waals surface area contributed by atoms with Gasteiger partial charge in [-0.25, -0.2) is 17.2 Å². The van der Waals surface area contributed by atoms with Crippen molar-refractivity contribution in [2.75, 3.05) is 26.2 Å². The maximum Gasteiger partial charge on any atom is 0.255 e. The summed E-state index contributed by atoms with van der Waals surface area (Å²) < 4.78 is 53.4. The fourth-order valence-corrected chi connectivity index (χ4v) is 4.97. The smallest absolute Gasteiger partial charge is 0.255 e. The number of hydrogen-bond acceptors (Lipinski definition) is 3. The van der Waals surface area contributed by atoms with Crippen LogP contribution in [0.15, 0.2) is 45.8 Å². The fourth-order valence-electron chi connectivity index (χ4n) is 2.75. The van der Waals surface area contributed by atoms with E-state index in [1.54, 1.807) is 0 Å². The van der Waals surface area contributed by atoms with Gasteiger partial charge in [-0.05, 0) is 52.3 Å². The first-order chi connectivity index (χ1) is 12.7. The molecule has 0 aromatic heterocycles. The number of halogens is 4. The van der Waals surface area contributed by atoms with Gasteiger partial charge in [0, 0.05) is 30.7 Å². The summed E-state index contributed by atoms with van der Waals surface area (Å²) in [6.45, 7) is 0.525. The van der Waals surface area contributed by atoms with Crippen molar-refractivity contribution in [2.24, 2.45) is 0 Å². The van der Waals surface area contributed by atoms with Crippen LogP contribution in [0.25, 0.3) is 0 Å². The first kappa shape index (κ1) is 20.2. The number of sulfonamides is 1. The number of hydrogen-bond donors (Lipinski definition) is 0. The number of amides is 1. The summed E-state index contributed by atoms with van der Waals surface area (Å²) in [5.74, 6) is -1.48. The molecular weight excluding hydrogens is 466 g/mol. The zero-order valence-corrected chi connectivity index (χ0v) is 17.0. The minimum atomic E-state index is -3.84. The van der Waals surface area contributed by atoms with Crippen molar-refractivity contribution in [3.05, 3.63) is 63.1 Å². The molecule has 2 aromatic rings. The van der Waals surface area contributed by atoms with Crippen LogP contribution in [0.1, 0.15) is 10.4 Å². The Morgan fingerprint density at radius 3 is 2.30 bits per heavy atom. The van der Waals surface area contributed by atoms with Gasteiger partial charge in [-0.2, -0.15) is 4.31 Å². The molecule has 1 heterocycles. The first-order valence-electron chi connectivity index (χ1n) is 7.89. The summed E-state index contributed by atoms with van der Waals surface area (Å²) in [5, 5.41) is -0.272. The van der Waals surface area contributed by atoms with E-state index in [4.69, 9.17) is 11.6 Å². The summed E-state index contributed by atoms with van der Waals surface area (Å²) >= 11 is 8.84. The summed E-state index contributed by atoms with van der Waals surface area (Å²) in [6, 6.07) is 7.00. The highest BCUT2D eigenvalue weighted by Crippen LogP contribution is 2.24. The zero-order valence-electron chi connectivity index (χ0n) is 13.8. The second-order valence-electron chi connectivity index (χ2n) is 5.90. The summed E-state index contributed by atoms with van der Waals surface area (Å²) in [6.07, 6.45) is 0. The van der Waals surface area contributed by atoms with Gasteiger partial charge in [0.15, 0.2) is 0 Å². The van der Waals surface area contributed by atoms with Gasteiger partial charge in [-0.15, -0.1) is 0 Å². The van der Waals surface area contributed by atoms with E-state index in [2.05, 4.69) is 15.9 Å². The van der Waals surface area contributed by atoms with Gasteiger partial charge in [-0.3, -0.25) is 4.79 Å². The lowest BCUT2D eigenvalue weighted by molar-refractivity contribution is 0.0697. The van der Waals surface area contributed by atoms with Gasteiger partial charge >= 0.3 is 0 Å². The van der Waals surface area contributed by atoms with E-state index in [1.165, 1.54) is 27.4 Å². The van der Waals surface area contributed by atoms with Gasteiger partial charge in [0.2, 0.25) is 10.0 Å². The Kier molecular flexibility index (Phi) is 5.85. The van der Waals surface area contributed by atoms with Crippen molar-refractivity contribution in [1.82, 2.24) is 9.21 Å². The Morgan fingerprint density at radius 2 is 1.70 bits per heavy atom. The van der Waals surface area contributed by atoms with Crippen molar-refractivity contribution in [3.63, 3.8) is 0 Å². The van der Waals surface area contributed by atoms with E-state index in [-0.39, 0.29) is 42.0 Å². The number of piperazine rings is 1. The number of carbonyl (C=O) groups excluding carboxylic acids is 1. The topological polar surface area (TPSA) is 57.7 Å². The van der Waals surface area contributed by atoms with Crippen LogP contribution in [0.5, 0.6) is 0 Å². The molecule has 10 heteroatoms. The van der Waals surface area contributed by atoms with Gasteiger partial charge in [0.1, 0.15) is 11.6 Å². The van der Waals surface area contributed by atoms with Crippen LogP contribution in [0.4, 0.5) is 8.78 Å². The quantitative estimate of drug-likeness (QED) is 0.677. The van der Waals surface area contributed by atoms with Crippen molar-refractivity contribution >= 4 is 43.5 Å². The molecule has 0 bridgehead atoms. The first-order valence-corrected chi connectivity index (χ1v) is 10.5. The number of nitrogens with zero attached hydrogens (tertiary/aromatic N) is 2. The van der Waals surface area contributed by atoms with E-state index in [0.717, 1.165) is 18.2 Å². The molecule has 0 aliphatic carbocycles. The monoisotopic (exact) mass is 478 g/mol. The molecule has 27 heavy (non-hydrogen) atoms. The van der Waals surface area contributed by atoms with Gasteiger partial charge in [0.25, 0.3) is 5.91 Å². The summed E-state index contributed by atoms with van der Waals surface area (Å²) in [4.78, 5) is 14.0. The Balaban J connectivity index is 1.72. The Hall–Kier alpha value is -1.55. The third-order valence-electron chi connectivity index (χ3n) is 4.22. The number of carbonyl (C=O) groups is 1. The summed E-state index contributed by atoms with van der Waals surface area (Å²) in [7, 11) is -3.84. The van der Waals surface area contributed by atoms with Crippen LogP contribution < -0.4 is 0 Å². The minimum absolute atomic E-state index is 0.0852. The Labute approximate surface area is 168 Å². The highest BCUT2D eigenvalue weighted by atomic mass is 79.9. The number of rotatable bonds is 3. The summed E-state index contributed by atoms with van der Waals surface area (Å²) in [5.41, 5.74) is 0.304. The SMILES string of the molecule is O=C(c1ccc(F)cc1Br)N1CCN(S(=O)(=O)c2ccc(F)c(Cl)c2)CC1. The standard InChI is InChI=1S/C17H14BrClF2N2O3S/c18-14-9-11(20)1-3-13(14)17(24)22-5-7-23(8-6-22)27(25,26)12-2-4-16(21)15(19)10-12/h1-4,9-10H,5-8H2. The van der Waals surface area contributed by atoms with Crippen LogP contribution >= 0.6 is 27.5 Å².